The second-order valence-corrected chi connectivity index (χ2v) is 6.50. The Morgan fingerprint density at radius 3 is 2.70 bits per heavy atom. The van der Waals surface area contributed by atoms with Crippen LogP contribution in [-0.2, 0) is 16.1 Å². The van der Waals surface area contributed by atoms with E-state index >= 15 is 0 Å². The number of amides is 2. The maximum Gasteiger partial charge on any atom is 0.410 e. The van der Waals surface area contributed by atoms with E-state index in [0.29, 0.717) is 11.3 Å². The lowest BCUT2D eigenvalue weighted by Crippen LogP contribution is -2.43. The van der Waals surface area contributed by atoms with Gasteiger partial charge in [0, 0.05) is 17.7 Å². The number of benzene rings is 2. The van der Waals surface area contributed by atoms with Crippen LogP contribution in [0.15, 0.2) is 48.5 Å². The Morgan fingerprint density at radius 2 is 1.96 bits per heavy atom. The van der Waals surface area contributed by atoms with E-state index in [-0.39, 0.29) is 19.6 Å². The molecule has 3 rings (SSSR count). The zero-order chi connectivity index (χ0) is 19.4. The first-order valence-corrected chi connectivity index (χ1v) is 8.67. The molecule has 7 heteroatoms. The summed E-state index contributed by atoms with van der Waals surface area (Å²) in [5.41, 5.74) is 1.46. The number of rotatable bonds is 4. The number of likely N-dealkylation sites (tertiary alicyclic amines) is 1. The van der Waals surface area contributed by atoms with Crippen molar-refractivity contribution >= 4 is 17.7 Å². The largest absolute Gasteiger partial charge is 0.445 e. The second-order valence-electron chi connectivity index (χ2n) is 6.50. The SMILES string of the molecule is Cc1c(F)cccc1NC(=O)C1CC(O)CN1C(=O)OCc1ccccc1. The van der Waals surface area contributed by atoms with Gasteiger partial charge in [-0.1, -0.05) is 36.4 Å². The normalized spacial score (nSPS) is 19.0. The van der Waals surface area contributed by atoms with E-state index in [4.69, 9.17) is 4.74 Å². The maximum absolute atomic E-state index is 13.7. The molecule has 2 aromatic rings. The Kier molecular flexibility index (Phi) is 5.71. The van der Waals surface area contributed by atoms with E-state index in [9.17, 15) is 19.1 Å². The van der Waals surface area contributed by atoms with E-state index in [1.54, 1.807) is 13.0 Å². The van der Waals surface area contributed by atoms with E-state index in [2.05, 4.69) is 5.32 Å². The van der Waals surface area contributed by atoms with Crippen molar-refractivity contribution in [3.05, 3.63) is 65.5 Å². The Hall–Kier alpha value is -2.93. The fourth-order valence-corrected chi connectivity index (χ4v) is 3.03. The number of aliphatic hydroxyl groups excluding tert-OH is 1. The Bertz CT molecular complexity index is 828. The van der Waals surface area contributed by atoms with Gasteiger partial charge in [-0.25, -0.2) is 9.18 Å². The molecule has 2 atom stereocenters. The molecule has 1 fully saturated rings. The molecule has 27 heavy (non-hydrogen) atoms. The summed E-state index contributed by atoms with van der Waals surface area (Å²) in [4.78, 5) is 26.2. The number of aliphatic hydroxyl groups is 1. The van der Waals surface area contributed by atoms with E-state index in [1.807, 2.05) is 30.3 Å². The van der Waals surface area contributed by atoms with Crippen molar-refractivity contribution in [1.29, 1.82) is 0 Å². The summed E-state index contributed by atoms with van der Waals surface area (Å²) in [7, 11) is 0. The van der Waals surface area contributed by atoms with Crippen LogP contribution in [0, 0.1) is 12.7 Å². The Morgan fingerprint density at radius 1 is 1.22 bits per heavy atom. The molecule has 142 valence electrons. The van der Waals surface area contributed by atoms with Gasteiger partial charge in [0.1, 0.15) is 18.5 Å². The van der Waals surface area contributed by atoms with Gasteiger partial charge in [-0.15, -0.1) is 0 Å². The second kappa shape index (κ2) is 8.18. The quantitative estimate of drug-likeness (QED) is 0.865. The summed E-state index contributed by atoms with van der Waals surface area (Å²) in [6, 6.07) is 12.7. The smallest absolute Gasteiger partial charge is 0.410 e. The van der Waals surface area contributed by atoms with Crippen LogP contribution in [-0.4, -0.2) is 40.7 Å². The van der Waals surface area contributed by atoms with Crippen LogP contribution in [0.2, 0.25) is 0 Å². The van der Waals surface area contributed by atoms with Crippen molar-refractivity contribution < 1.29 is 23.8 Å². The molecule has 2 unspecified atom stereocenters. The van der Waals surface area contributed by atoms with Crippen molar-refractivity contribution in [1.82, 2.24) is 4.90 Å². The zero-order valence-electron chi connectivity index (χ0n) is 14.9. The predicted octanol–water partition coefficient (Wildman–Crippen LogP) is 2.84. The van der Waals surface area contributed by atoms with Crippen molar-refractivity contribution in [2.75, 3.05) is 11.9 Å². The fourth-order valence-electron chi connectivity index (χ4n) is 3.03. The molecule has 0 bridgehead atoms. The molecule has 2 aromatic carbocycles. The third kappa shape index (κ3) is 4.43. The first kappa shape index (κ1) is 18.8. The van der Waals surface area contributed by atoms with Crippen LogP contribution < -0.4 is 5.32 Å². The van der Waals surface area contributed by atoms with E-state index in [0.717, 1.165) is 5.56 Å². The van der Waals surface area contributed by atoms with Gasteiger partial charge in [0.05, 0.1) is 12.6 Å². The molecule has 1 heterocycles. The number of carbonyl (C=O) groups is 2. The molecular weight excluding hydrogens is 351 g/mol. The summed E-state index contributed by atoms with van der Waals surface area (Å²) in [6.45, 7) is 1.64. The third-order valence-corrected chi connectivity index (χ3v) is 4.55. The Labute approximate surface area is 156 Å². The minimum atomic E-state index is -0.883. The highest BCUT2D eigenvalue weighted by Gasteiger charge is 2.40. The van der Waals surface area contributed by atoms with Gasteiger partial charge in [-0.2, -0.15) is 0 Å². The minimum Gasteiger partial charge on any atom is -0.445 e. The van der Waals surface area contributed by atoms with Gasteiger partial charge in [0.15, 0.2) is 0 Å². The van der Waals surface area contributed by atoms with Gasteiger partial charge in [-0.05, 0) is 24.6 Å². The number of hydrogen-bond acceptors (Lipinski definition) is 4. The van der Waals surface area contributed by atoms with E-state index < -0.39 is 30.0 Å². The maximum atomic E-state index is 13.7. The highest BCUT2D eigenvalue weighted by atomic mass is 19.1. The van der Waals surface area contributed by atoms with Crippen LogP contribution >= 0.6 is 0 Å². The lowest BCUT2D eigenvalue weighted by atomic mass is 10.1. The third-order valence-electron chi connectivity index (χ3n) is 4.55. The average molecular weight is 372 g/mol. The molecule has 0 spiro atoms. The molecule has 1 aliphatic heterocycles. The average Bonchev–Trinajstić information content (AvgIpc) is 3.06. The highest BCUT2D eigenvalue weighted by Crippen LogP contribution is 2.23. The van der Waals surface area contributed by atoms with Crippen molar-refractivity contribution in [2.24, 2.45) is 0 Å². The number of nitrogens with zero attached hydrogens (tertiary/aromatic N) is 1. The lowest BCUT2D eigenvalue weighted by Gasteiger charge is -2.23. The van der Waals surface area contributed by atoms with Crippen LogP contribution in [0.3, 0.4) is 0 Å². The molecule has 6 nitrogen and oxygen atoms in total. The lowest BCUT2D eigenvalue weighted by molar-refractivity contribution is -0.120. The topological polar surface area (TPSA) is 78.9 Å². The van der Waals surface area contributed by atoms with Crippen molar-refractivity contribution in [3.8, 4) is 0 Å². The summed E-state index contributed by atoms with van der Waals surface area (Å²) in [6.07, 6.45) is -1.40. The van der Waals surface area contributed by atoms with Crippen molar-refractivity contribution in [3.63, 3.8) is 0 Å². The molecule has 1 saturated heterocycles. The first-order valence-electron chi connectivity index (χ1n) is 8.67. The highest BCUT2D eigenvalue weighted by molar-refractivity contribution is 5.97. The van der Waals surface area contributed by atoms with Gasteiger partial charge >= 0.3 is 6.09 Å². The number of ether oxygens (including phenoxy) is 1. The van der Waals surface area contributed by atoms with Gasteiger partial charge in [0.2, 0.25) is 5.91 Å². The van der Waals surface area contributed by atoms with Crippen LogP contribution in [0.1, 0.15) is 17.5 Å². The van der Waals surface area contributed by atoms with Crippen LogP contribution in [0.5, 0.6) is 0 Å². The summed E-state index contributed by atoms with van der Waals surface area (Å²) < 4.78 is 18.9. The summed E-state index contributed by atoms with van der Waals surface area (Å²) in [5, 5.41) is 12.6. The van der Waals surface area contributed by atoms with Gasteiger partial charge in [0.25, 0.3) is 0 Å². The zero-order valence-corrected chi connectivity index (χ0v) is 14.9. The molecule has 2 amide bonds. The standard InChI is InChI=1S/C20H21FN2O4/c1-13-16(21)8-5-9-17(13)22-19(25)18-10-15(24)11-23(18)20(26)27-12-14-6-3-2-4-7-14/h2-9,15,18,24H,10-12H2,1H3,(H,22,25). The molecule has 0 aromatic heterocycles. The molecule has 0 aliphatic carbocycles. The molecular formula is C20H21FN2O4. The molecule has 1 aliphatic rings. The number of hydrogen-bond donors (Lipinski definition) is 2. The number of carbonyl (C=O) groups excluding carboxylic acids is 2. The van der Waals surface area contributed by atoms with Crippen LogP contribution in [0.4, 0.5) is 14.9 Å². The number of halogens is 1. The molecule has 0 saturated carbocycles. The number of β-amino-alcohol motifs (C(OH)–C–C–N with tert-alkyl or cyclic N) is 1. The summed E-state index contributed by atoms with van der Waals surface area (Å²) >= 11 is 0. The number of nitrogens with one attached hydrogen (secondary N) is 1. The molecule has 0 radical (unpaired) electrons. The Balaban J connectivity index is 1.66. The minimum absolute atomic E-state index is 0.00778. The fraction of sp³-hybridized carbons (Fsp3) is 0.300. The van der Waals surface area contributed by atoms with Crippen molar-refractivity contribution in [2.45, 2.75) is 32.1 Å². The summed E-state index contributed by atoms with van der Waals surface area (Å²) in [5.74, 6) is -0.921. The van der Waals surface area contributed by atoms with Gasteiger partial charge < -0.3 is 15.2 Å². The predicted molar refractivity (Wildman–Crippen MR) is 97.5 cm³/mol. The van der Waals surface area contributed by atoms with Gasteiger partial charge in [-0.3, -0.25) is 9.69 Å². The van der Waals surface area contributed by atoms with Crippen LogP contribution in [0.25, 0.3) is 0 Å². The monoisotopic (exact) mass is 372 g/mol. The molecule has 2 N–H and O–H groups in total. The number of anilines is 1. The first-order chi connectivity index (χ1) is 13.0. The van der Waals surface area contributed by atoms with E-state index in [1.165, 1.54) is 17.0 Å².